The fraction of sp³-hybridized carbons (Fsp3) is 0.154. The number of halogens is 5. The molecule has 2 atom stereocenters. The summed E-state index contributed by atoms with van der Waals surface area (Å²) < 4.78 is -0.225. The minimum absolute atomic E-state index is 0.121. The zero-order chi connectivity index (χ0) is 25.7. The lowest BCUT2D eigenvalue weighted by Crippen LogP contribution is -2.23. The zero-order valence-electron chi connectivity index (χ0n) is 18.3. The highest BCUT2D eigenvalue weighted by Crippen LogP contribution is 2.73. The van der Waals surface area contributed by atoms with Gasteiger partial charge in [0.1, 0.15) is 10.6 Å². The summed E-state index contributed by atoms with van der Waals surface area (Å²) in [5.74, 6) is -0.873. The molecule has 1 aromatic heterocycles. The maximum absolute atomic E-state index is 13.0. The Morgan fingerprint density at radius 1 is 0.944 bits per heavy atom. The first-order valence-corrected chi connectivity index (χ1v) is 13.5. The summed E-state index contributed by atoms with van der Waals surface area (Å²) in [6, 6.07) is 17.6. The third kappa shape index (κ3) is 4.58. The van der Waals surface area contributed by atoms with Crippen LogP contribution < -0.4 is 10.6 Å². The molecule has 1 amide bonds. The Morgan fingerprint density at radius 3 is 2.39 bits per heavy atom. The van der Waals surface area contributed by atoms with E-state index in [1.165, 1.54) is 0 Å². The van der Waals surface area contributed by atoms with E-state index in [1.807, 2.05) is 29.6 Å². The van der Waals surface area contributed by atoms with E-state index in [0.29, 0.717) is 32.0 Å². The normalized spacial score (nSPS) is 20.2. The van der Waals surface area contributed by atoms with E-state index in [1.54, 1.807) is 47.7 Å². The number of aldehydes is 1. The van der Waals surface area contributed by atoms with E-state index in [2.05, 4.69) is 10.6 Å². The van der Waals surface area contributed by atoms with Crippen molar-refractivity contribution in [2.24, 2.45) is 5.41 Å². The Hall–Kier alpha value is -1.99. The van der Waals surface area contributed by atoms with Crippen molar-refractivity contribution in [3.05, 3.63) is 92.2 Å². The molecule has 36 heavy (non-hydrogen) atoms. The van der Waals surface area contributed by atoms with Crippen LogP contribution in [-0.4, -0.2) is 23.1 Å². The lowest BCUT2D eigenvalue weighted by atomic mass is 10.00. The predicted molar refractivity (Wildman–Crippen MR) is 152 cm³/mol. The lowest BCUT2D eigenvalue weighted by Gasteiger charge is -2.15. The quantitative estimate of drug-likeness (QED) is 0.165. The monoisotopic (exact) mass is 596 g/mol. The van der Waals surface area contributed by atoms with Crippen molar-refractivity contribution in [2.45, 2.75) is 10.3 Å². The number of alkyl halides is 2. The third-order valence-electron chi connectivity index (χ3n) is 6.35. The fourth-order valence-corrected chi connectivity index (χ4v) is 6.92. The number of benzene rings is 3. The number of amides is 1. The summed E-state index contributed by atoms with van der Waals surface area (Å²) in [7, 11) is 0. The minimum Gasteiger partial charge on any atom is -0.384 e. The molecule has 0 bridgehead atoms. The van der Waals surface area contributed by atoms with Gasteiger partial charge in [0.05, 0.1) is 16.0 Å². The average Bonchev–Trinajstić information content (AvgIpc) is 3.08. The molecule has 0 spiro atoms. The molecule has 0 saturated heterocycles. The van der Waals surface area contributed by atoms with E-state index >= 15 is 0 Å². The van der Waals surface area contributed by atoms with Gasteiger partial charge in [-0.3, -0.25) is 4.79 Å². The van der Waals surface area contributed by atoms with Crippen LogP contribution >= 0.6 is 69.3 Å². The van der Waals surface area contributed by atoms with Crippen LogP contribution in [0.5, 0.6) is 0 Å². The fourth-order valence-electron chi connectivity index (χ4n) is 4.43. The molecule has 2 unspecified atom stereocenters. The molecule has 1 heterocycles. The van der Waals surface area contributed by atoms with Crippen LogP contribution in [0.2, 0.25) is 15.1 Å². The number of carbonyl (C=O) groups excluding carboxylic acids is 2. The second kappa shape index (κ2) is 9.71. The van der Waals surface area contributed by atoms with Crippen LogP contribution in [0.4, 0.5) is 11.4 Å². The van der Waals surface area contributed by atoms with Crippen LogP contribution in [0.3, 0.4) is 0 Å². The Labute approximate surface area is 236 Å². The number of carbonyl (C=O) groups is 2. The van der Waals surface area contributed by atoms with E-state index in [-0.39, 0.29) is 18.0 Å². The summed E-state index contributed by atoms with van der Waals surface area (Å²) in [6.07, 6.45) is 0.754. The van der Waals surface area contributed by atoms with Crippen LogP contribution in [-0.2, 0) is 4.79 Å². The number of fused-ring (bicyclic) bond motifs is 1. The largest absolute Gasteiger partial charge is 0.384 e. The average molecular weight is 599 g/mol. The van der Waals surface area contributed by atoms with Gasteiger partial charge in [0.25, 0.3) is 5.91 Å². The molecule has 1 fully saturated rings. The van der Waals surface area contributed by atoms with Gasteiger partial charge in [-0.2, -0.15) is 0 Å². The van der Waals surface area contributed by atoms with E-state index in [0.717, 1.165) is 16.4 Å². The first-order chi connectivity index (χ1) is 17.1. The van der Waals surface area contributed by atoms with Gasteiger partial charge in [-0.25, -0.2) is 0 Å². The highest BCUT2D eigenvalue weighted by Gasteiger charge is 2.76. The van der Waals surface area contributed by atoms with Gasteiger partial charge in [0.15, 0.2) is 0 Å². The van der Waals surface area contributed by atoms with Crippen molar-refractivity contribution in [1.82, 2.24) is 0 Å². The van der Waals surface area contributed by atoms with Crippen molar-refractivity contribution in [2.75, 3.05) is 17.2 Å². The van der Waals surface area contributed by atoms with Crippen LogP contribution in [0.25, 0.3) is 10.1 Å². The van der Waals surface area contributed by atoms with Gasteiger partial charge in [0.2, 0.25) is 0 Å². The molecule has 0 radical (unpaired) electrons. The number of nitrogens with one attached hydrogen (secondary N) is 2. The van der Waals surface area contributed by atoms with Gasteiger partial charge in [-0.1, -0.05) is 58.0 Å². The van der Waals surface area contributed by atoms with Crippen molar-refractivity contribution in [3.8, 4) is 0 Å². The summed E-state index contributed by atoms with van der Waals surface area (Å²) >= 11 is 33.4. The van der Waals surface area contributed by atoms with Crippen LogP contribution in [0, 0.1) is 5.41 Å². The maximum atomic E-state index is 13.0. The third-order valence-corrected chi connectivity index (χ3v) is 9.15. The molecular formula is C26H17Cl5N2O2S. The number of rotatable bonds is 7. The number of hydrogen-bond donors (Lipinski definition) is 2. The smallest absolute Gasteiger partial charge is 0.257 e. The summed E-state index contributed by atoms with van der Waals surface area (Å²) in [6.45, 7) is 0.121. The van der Waals surface area contributed by atoms with Crippen LogP contribution in [0.1, 0.15) is 21.8 Å². The van der Waals surface area contributed by atoms with Gasteiger partial charge in [-0.05, 0) is 77.0 Å². The standard InChI is InChI=1S/C26H17Cl5N2O2S/c27-16-7-15(8-17(28)10-16)23-25(13-34,26(23,30)31)12-32-18-1-3-21(29)20(11-18)24(35)33-19-2-4-22-14(9-19)5-6-36-22/h1-11,13,23,32H,12H2,(H,33,35). The minimum atomic E-state index is -1.36. The molecule has 184 valence electrons. The number of anilines is 2. The number of thiophene rings is 1. The van der Waals surface area contributed by atoms with Gasteiger partial charge >= 0.3 is 0 Å². The van der Waals surface area contributed by atoms with E-state index < -0.39 is 15.7 Å². The SMILES string of the molecule is O=CC1(CNc2ccc(Cl)c(C(=O)Nc3ccc4sccc4c3)c2)C(c2cc(Cl)cc(Cl)c2)C1(Cl)Cl. The molecule has 3 aromatic carbocycles. The molecule has 4 aromatic rings. The van der Waals surface area contributed by atoms with Gasteiger partial charge < -0.3 is 15.4 Å². The van der Waals surface area contributed by atoms with E-state index in [4.69, 9.17) is 58.0 Å². The van der Waals surface area contributed by atoms with Gasteiger partial charge in [0, 0.05) is 38.6 Å². The maximum Gasteiger partial charge on any atom is 0.257 e. The molecule has 1 aliphatic carbocycles. The molecule has 10 heteroatoms. The summed E-state index contributed by atoms with van der Waals surface area (Å²) in [5.41, 5.74) is 1.07. The Bertz CT molecular complexity index is 1480. The second-order valence-corrected chi connectivity index (χ2v) is 12.2. The van der Waals surface area contributed by atoms with Gasteiger partial charge in [-0.15, -0.1) is 11.3 Å². The first kappa shape index (κ1) is 25.7. The molecule has 5 rings (SSSR count). The second-order valence-electron chi connectivity index (χ2n) is 8.59. The Kier molecular flexibility index (Phi) is 6.92. The molecule has 1 aliphatic rings. The van der Waals surface area contributed by atoms with Crippen molar-refractivity contribution in [1.29, 1.82) is 0 Å². The van der Waals surface area contributed by atoms with Crippen molar-refractivity contribution in [3.63, 3.8) is 0 Å². The number of hydrogen-bond acceptors (Lipinski definition) is 4. The van der Waals surface area contributed by atoms with Crippen molar-refractivity contribution < 1.29 is 9.59 Å². The summed E-state index contributed by atoms with van der Waals surface area (Å²) in [5, 5.41) is 10.3. The molecular weight excluding hydrogens is 582 g/mol. The lowest BCUT2D eigenvalue weighted by molar-refractivity contribution is -0.112. The topological polar surface area (TPSA) is 58.2 Å². The Balaban J connectivity index is 1.34. The molecule has 4 nitrogen and oxygen atoms in total. The predicted octanol–water partition coefficient (Wildman–Crippen LogP) is 8.68. The highest BCUT2D eigenvalue weighted by atomic mass is 35.5. The summed E-state index contributed by atoms with van der Waals surface area (Å²) in [4.78, 5) is 25.2. The first-order valence-electron chi connectivity index (χ1n) is 10.8. The van der Waals surface area contributed by atoms with Crippen molar-refractivity contribution >= 4 is 103 Å². The molecule has 1 saturated carbocycles. The molecule has 2 N–H and O–H groups in total. The Morgan fingerprint density at radius 2 is 1.67 bits per heavy atom. The van der Waals surface area contributed by atoms with E-state index in [9.17, 15) is 9.59 Å². The van der Waals surface area contributed by atoms with Crippen LogP contribution in [0.15, 0.2) is 66.0 Å². The molecule has 0 aliphatic heterocycles. The highest BCUT2D eigenvalue weighted by molar-refractivity contribution is 7.17. The zero-order valence-corrected chi connectivity index (χ0v) is 22.9.